The molecular formula is C31H40N4O7. The molecule has 5 aliphatic rings. The number of nitrogens with zero attached hydrogens (tertiary/aromatic N) is 3. The topological polar surface area (TPSA) is 168 Å². The molecule has 1 aromatic carbocycles. The van der Waals surface area contributed by atoms with Crippen LogP contribution in [0, 0.1) is 23.7 Å². The van der Waals surface area contributed by atoms with Gasteiger partial charge in [-0.2, -0.15) is 0 Å². The first-order chi connectivity index (χ1) is 19.8. The number of primary amides is 1. The Morgan fingerprint density at radius 1 is 1.10 bits per heavy atom. The minimum Gasteiger partial charge on any atom is -0.508 e. The molecule has 0 spiro atoms. The standard InChI is InChI=1S/C31H40N4O7/c1-33(2)24-17(13-35-11-14-6-5-7-15(14)12-35)10-20(36)22-18(24)8-16-9-19-25(34(3)4)27(38)23(30(32)41)29(40)31(19,42)28(39)21(16)26(22)37/h10,14-16,19,25,36-37,40,42H,5-9,11-13H2,1-4H3,(H2,32,41)/t14?,15?,16-,19-,25-,31-/m0/s1. The fourth-order valence-electron chi connectivity index (χ4n) is 8.75. The summed E-state index contributed by atoms with van der Waals surface area (Å²) in [6.45, 7) is 2.69. The van der Waals surface area contributed by atoms with Crippen LogP contribution in [0.25, 0.3) is 5.76 Å². The van der Waals surface area contributed by atoms with E-state index in [9.17, 15) is 34.8 Å². The highest BCUT2D eigenvalue weighted by molar-refractivity contribution is 6.24. The number of aliphatic hydroxyl groups excluding tert-OH is 2. The molecule has 6 atom stereocenters. The maximum atomic E-state index is 14.1. The van der Waals surface area contributed by atoms with Crippen LogP contribution in [-0.2, 0) is 27.3 Å². The highest BCUT2D eigenvalue weighted by Crippen LogP contribution is 2.54. The number of carbonyl (C=O) groups excluding carboxylic acids is 3. The Bertz CT molecular complexity index is 1450. The minimum absolute atomic E-state index is 0.0686. The van der Waals surface area contributed by atoms with Gasteiger partial charge in [0.25, 0.3) is 5.91 Å². The second-order valence-electron chi connectivity index (χ2n) is 13.3. The predicted molar refractivity (Wildman–Crippen MR) is 155 cm³/mol. The summed E-state index contributed by atoms with van der Waals surface area (Å²) in [7, 11) is 7.00. The fourth-order valence-corrected chi connectivity index (χ4v) is 8.75. The molecule has 3 fully saturated rings. The summed E-state index contributed by atoms with van der Waals surface area (Å²) in [4.78, 5) is 45.5. The molecule has 1 heterocycles. The van der Waals surface area contributed by atoms with Crippen molar-refractivity contribution in [2.45, 2.75) is 50.3 Å². The number of hydrogen-bond donors (Lipinski definition) is 5. The Kier molecular flexibility index (Phi) is 6.71. The summed E-state index contributed by atoms with van der Waals surface area (Å²) in [6, 6.07) is 0.541. The number of rotatable bonds is 5. The van der Waals surface area contributed by atoms with E-state index in [1.807, 2.05) is 19.0 Å². The van der Waals surface area contributed by atoms with Gasteiger partial charge in [-0.25, -0.2) is 0 Å². The number of carbonyl (C=O) groups is 3. The van der Waals surface area contributed by atoms with Crippen molar-refractivity contribution in [1.82, 2.24) is 9.80 Å². The lowest BCUT2D eigenvalue weighted by Crippen LogP contribution is -2.65. The maximum Gasteiger partial charge on any atom is 0.255 e. The van der Waals surface area contributed by atoms with Crippen LogP contribution in [0.15, 0.2) is 23.0 Å². The Hall–Kier alpha value is -3.41. The summed E-state index contributed by atoms with van der Waals surface area (Å²) < 4.78 is 0. The van der Waals surface area contributed by atoms with Gasteiger partial charge in [0.15, 0.2) is 11.4 Å². The molecule has 0 radical (unpaired) electrons. The Morgan fingerprint density at radius 3 is 2.31 bits per heavy atom. The number of ketones is 2. The molecule has 42 heavy (non-hydrogen) atoms. The number of anilines is 1. The van der Waals surface area contributed by atoms with Gasteiger partial charge >= 0.3 is 0 Å². The van der Waals surface area contributed by atoms with Crippen LogP contribution >= 0.6 is 0 Å². The number of phenols is 1. The van der Waals surface area contributed by atoms with Crippen LogP contribution in [0.3, 0.4) is 0 Å². The molecule has 0 aromatic heterocycles. The molecule has 4 aliphatic carbocycles. The average Bonchev–Trinajstić information content (AvgIpc) is 3.47. The number of amides is 1. The highest BCUT2D eigenvalue weighted by Gasteiger charge is 2.64. The van der Waals surface area contributed by atoms with Gasteiger partial charge < -0.3 is 31.1 Å². The maximum absolute atomic E-state index is 14.1. The molecule has 6 N–H and O–H groups in total. The summed E-state index contributed by atoms with van der Waals surface area (Å²) >= 11 is 0. The Balaban J connectivity index is 1.47. The number of likely N-dealkylation sites (N-methyl/N-ethyl adjacent to an activating group) is 1. The molecule has 2 unspecified atom stereocenters. The largest absolute Gasteiger partial charge is 0.508 e. The number of benzene rings is 1. The molecule has 2 saturated carbocycles. The van der Waals surface area contributed by atoms with Crippen molar-refractivity contribution in [3.05, 3.63) is 39.7 Å². The zero-order valence-electron chi connectivity index (χ0n) is 24.6. The highest BCUT2D eigenvalue weighted by atomic mass is 16.3. The van der Waals surface area contributed by atoms with Crippen LogP contribution in [0.2, 0.25) is 0 Å². The van der Waals surface area contributed by atoms with Crippen molar-refractivity contribution >= 4 is 28.9 Å². The van der Waals surface area contributed by atoms with E-state index in [0.29, 0.717) is 23.9 Å². The number of phenolic OH excluding ortho intramolecular Hbond substituents is 1. The Labute approximate surface area is 244 Å². The van der Waals surface area contributed by atoms with Gasteiger partial charge in [0.2, 0.25) is 5.78 Å². The molecular weight excluding hydrogens is 540 g/mol. The number of fused-ring (bicyclic) bond motifs is 4. The SMILES string of the molecule is CN(C)c1c(CN2CC3CCCC3C2)cc(O)c2c1C[C@H]1C[C@H]3[C@H](N(C)C)C(=O)C(C(N)=O)=C(O)[C@@]3(O)C(=O)C1=C2O. The molecule has 1 saturated heterocycles. The van der Waals surface area contributed by atoms with Gasteiger partial charge in [0.1, 0.15) is 22.8 Å². The van der Waals surface area contributed by atoms with Crippen molar-refractivity contribution in [2.75, 3.05) is 46.2 Å². The van der Waals surface area contributed by atoms with Crippen molar-refractivity contribution < 1.29 is 34.8 Å². The van der Waals surface area contributed by atoms with E-state index in [4.69, 9.17) is 5.73 Å². The van der Waals surface area contributed by atoms with E-state index < -0.39 is 58.0 Å². The van der Waals surface area contributed by atoms with Crippen LogP contribution in [0.4, 0.5) is 5.69 Å². The number of Topliss-reactive ketones (excluding diaryl/α,β-unsaturated/α-hetero) is 2. The van der Waals surface area contributed by atoms with E-state index in [-0.39, 0.29) is 29.7 Å². The first kappa shape index (κ1) is 28.7. The summed E-state index contributed by atoms with van der Waals surface area (Å²) in [6.07, 6.45) is 4.13. The second kappa shape index (κ2) is 9.82. The molecule has 0 bridgehead atoms. The molecule has 1 amide bonds. The van der Waals surface area contributed by atoms with Gasteiger partial charge in [-0.05, 0) is 74.7 Å². The second-order valence-corrected chi connectivity index (χ2v) is 13.3. The third-order valence-corrected chi connectivity index (χ3v) is 10.4. The van der Waals surface area contributed by atoms with E-state index in [0.717, 1.165) is 24.3 Å². The molecule has 11 nitrogen and oxygen atoms in total. The van der Waals surface area contributed by atoms with E-state index in [1.54, 1.807) is 20.2 Å². The quantitative estimate of drug-likeness (QED) is 0.320. The fraction of sp³-hybridized carbons (Fsp3) is 0.581. The van der Waals surface area contributed by atoms with Crippen LogP contribution in [0.5, 0.6) is 5.75 Å². The number of likely N-dealkylation sites (tertiary alicyclic amines) is 1. The number of aromatic hydroxyl groups is 1. The summed E-state index contributed by atoms with van der Waals surface area (Å²) in [5, 5.41) is 45.7. The first-order valence-electron chi connectivity index (χ1n) is 14.7. The average molecular weight is 581 g/mol. The van der Waals surface area contributed by atoms with Crippen molar-refractivity contribution in [2.24, 2.45) is 29.4 Å². The lowest BCUT2D eigenvalue weighted by atomic mass is 9.57. The summed E-state index contributed by atoms with van der Waals surface area (Å²) in [5.41, 5.74) is 4.42. The van der Waals surface area contributed by atoms with Gasteiger partial charge in [-0.3, -0.25) is 24.2 Å². The third-order valence-electron chi connectivity index (χ3n) is 10.4. The molecule has 6 rings (SSSR count). The molecule has 226 valence electrons. The summed E-state index contributed by atoms with van der Waals surface area (Å²) in [5.74, 6) is -5.00. The number of aliphatic hydroxyl groups is 3. The minimum atomic E-state index is -2.64. The predicted octanol–water partition coefficient (Wildman–Crippen LogP) is 1.26. The normalized spacial score (nSPS) is 32.7. The van der Waals surface area contributed by atoms with Gasteiger partial charge in [0, 0.05) is 50.9 Å². The van der Waals surface area contributed by atoms with Crippen molar-refractivity contribution in [3.63, 3.8) is 0 Å². The number of hydrogen-bond acceptors (Lipinski definition) is 10. The Morgan fingerprint density at radius 2 is 1.74 bits per heavy atom. The lowest BCUT2D eigenvalue weighted by Gasteiger charge is -2.50. The first-order valence-corrected chi connectivity index (χ1v) is 14.7. The van der Waals surface area contributed by atoms with Gasteiger partial charge in [0.05, 0.1) is 11.6 Å². The molecule has 1 aromatic rings. The molecule has 11 heteroatoms. The third kappa shape index (κ3) is 3.93. The smallest absolute Gasteiger partial charge is 0.255 e. The van der Waals surface area contributed by atoms with E-state index in [2.05, 4.69) is 4.90 Å². The zero-order valence-corrected chi connectivity index (χ0v) is 24.6. The van der Waals surface area contributed by atoms with E-state index >= 15 is 0 Å². The number of nitrogens with two attached hydrogens (primary N) is 1. The van der Waals surface area contributed by atoms with Crippen LogP contribution in [-0.4, -0.2) is 101 Å². The monoisotopic (exact) mass is 580 g/mol. The lowest BCUT2D eigenvalue weighted by molar-refractivity contribution is -0.153. The zero-order chi connectivity index (χ0) is 30.4. The van der Waals surface area contributed by atoms with Crippen molar-refractivity contribution in [3.8, 4) is 5.75 Å². The molecule has 1 aliphatic heterocycles. The van der Waals surface area contributed by atoms with E-state index in [1.165, 1.54) is 24.2 Å². The van der Waals surface area contributed by atoms with Gasteiger partial charge in [-0.1, -0.05) is 6.42 Å². The van der Waals surface area contributed by atoms with Crippen molar-refractivity contribution in [1.29, 1.82) is 0 Å². The van der Waals surface area contributed by atoms with Crippen LogP contribution in [0.1, 0.15) is 42.4 Å². The van der Waals surface area contributed by atoms with Crippen LogP contribution < -0.4 is 10.6 Å². The van der Waals surface area contributed by atoms with Gasteiger partial charge in [-0.15, -0.1) is 0 Å².